The number of aryl methyl sites for hydroxylation is 2. The van der Waals surface area contributed by atoms with Gasteiger partial charge < -0.3 is 4.90 Å². The predicted octanol–water partition coefficient (Wildman–Crippen LogP) is 1.80. The van der Waals surface area contributed by atoms with Gasteiger partial charge in [0.2, 0.25) is 5.91 Å². The Balaban J connectivity index is 2.15. The number of hydrogen-bond donors (Lipinski definition) is 1. The molecule has 1 aliphatic heterocycles. The molecular formula is C13H21N3OS. The number of carbonyl (C=O) groups excluding carboxylic acids is 1. The lowest BCUT2D eigenvalue weighted by molar-refractivity contribution is -0.128. The normalized spacial score (nSPS) is 19.9. The average molecular weight is 267 g/mol. The van der Waals surface area contributed by atoms with E-state index in [2.05, 4.69) is 31.6 Å². The van der Waals surface area contributed by atoms with Gasteiger partial charge in [0, 0.05) is 37.3 Å². The first-order valence-electron chi connectivity index (χ1n) is 6.48. The van der Waals surface area contributed by atoms with E-state index < -0.39 is 0 Å². The maximum absolute atomic E-state index is 11.9. The number of amides is 1. The molecule has 0 radical (unpaired) electrons. The Morgan fingerprint density at radius 1 is 1.44 bits per heavy atom. The van der Waals surface area contributed by atoms with Crippen LogP contribution < -0.4 is 0 Å². The van der Waals surface area contributed by atoms with Crippen LogP contribution in [0.2, 0.25) is 0 Å². The molecule has 1 atom stereocenters. The molecule has 0 N–H and O–H groups in total. The van der Waals surface area contributed by atoms with Crippen LogP contribution in [0.4, 0.5) is 0 Å². The first-order valence-corrected chi connectivity index (χ1v) is 7.11. The van der Waals surface area contributed by atoms with Crippen LogP contribution in [0.3, 0.4) is 0 Å². The second-order valence-electron chi connectivity index (χ2n) is 4.99. The van der Waals surface area contributed by atoms with Gasteiger partial charge in [-0.1, -0.05) is 0 Å². The van der Waals surface area contributed by atoms with Gasteiger partial charge >= 0.3 is 0 Å². The Kier molecular flexibility index (Phi) is 4.00. The fraction of sp³-hybridized carbons (Fsp3) is 0.692. The second kappa shape index (κ2) is 5.34. The van der Waals surface area contributed by atoms with Crippen molar-refractivity contribution in [3.8, 4) is 0 Å². The number of nitrogens with zero attached hydrogens (tertiary/aromatic N) is 3. The molecule has 100 valence electrons. The van der Waals surface area contributed by atoms with Crippen molar-refractivity contribution < 1.29 is 4.79 Å². The van der Waals surface area contributed by atoms with Gasteiger partial charge in [-0.25, -0.2) is 0 Å². The molecule has 0 aromatic carbocycles. The standard InChI is InChI=1S/C13H21N3OS/c1-4-16-10(3)12(9(2)14-16)7-15-6-11(8-18)5-13(15)17/h11,18H,4-8H2,1-3H3. The zero-order chi connectivity index (χ0) is 13.3. The van der Waals surface area contributed by atoms with Crippen molar-refractivity contribution in [2.75, 3.05) is 12.3 Å². The van der Waals surface area contributed by atoms with E-state index in [1.807, 2.05) is 16.5 Å². The van der Waals surface area contributed by atoms with Gasteiger partial charge in [0.1, 0.15) is 0 Å². The maximum atomic E-state index is 11.9. The van der Waals surface area contributed by atoms with Gasteiger partial charge in [0.05, 0.1) is 5.69 Å². The molecule has 1 aliphatic rings. The van der Waals surface area contributed by atoms with E-state index in [-0.39, 0.29) is 5.91 Å². The molecule has 0 bridgehead atoms. The zero-order valence-electron chi connectivity index (χ0n) is 11.3. The molecule has 18 heavy (non-hydrogen) atoms. The fourth-order valence-electron chi connectivity index (χ4n) is 2.59. The van der Waals surface area contributed by atoms with Crippen LogP contribution in [-0.2, 0) is 17.9 Å². The van der Waals surface area contributed by atoms with Gasteiger partial charge in [0.25, 0.3) is 0 Å². The topological polar surface area (TPSA) is 38.1 Å². The third-order valence-corrected chi connectivity index (χ3v) is 4.25. The molecule has 4 nitrogen and oxygen atoms in total. The van der Waals surface area contributed by atoms with E-state index in [0.29, 0.717) is 18.9 Å². The molecule has 5 heteroatoms. The largest absolute Gasteiger partial charge is 0.338 e. The summed E-state index contributed by atoms with van der Waals surface area (Å²) in [5, 5.41) is 4.50. The van der Waals surface area contributed by atoms with Gasteiger partial charge in [-0.2, -0.15) is 17.7 Å². The van der Waals surface area contributed by atoms with Crippen molar-refractivity contribution in [2.24, 2.45) is 5.92 Å². The Morgan fingerprint density at radius 3 is 2.67 bits per heavy atom. The Labute approximate surface area is 114 Å². The lowest BCUT2D eigenvalue weighted by atomic mass is 10.1. The summed E-state index contributed by atoms with van der Waals surface area (Å²) in [5.74, 6) is 1.44. The second-order valence-corrected chi connectivity index (χ2v) is 5.36. The molecule has 1 amide bonds. The molecule has 1 aromatic rings. The number of aromatic nitrogens is 2. The minimum absolute atomic E-state index is 0.247. The first kappa shape index (κ1) is 13.5. The Hall–Kier alpha value is -0.970. The van der Waals surface area contributed by atoms with E-state index in [1.54, 1.807) is 0 Å². The van der Waals surface area contributed by atoms with Gasteiger partial charge in [-0.15, -0.1) is 0 Å². The summed E-state index contributed by atoms with van der Waals surface area (Å²) in [7, 11) is 0. The highest BCUT2D eigenvalue weighted by Crippen LogP contribution is 2.23. The van der Waals surface area contributed by atoms with E-state index in [0.717, 1.165) is 24.5 Å². The van der Waals surface area contributed by atoms with Gasteiger partial charge in [0.15, 0.2) is 0 Å². The Bertz CT molecular complexity index is 455. The van der Waals surface area contributed by atoms with Crippen molar-refractivity contribution >= 4 is 18.5 Å². The number of thiol groups is 1. The van der Waals surface area contributed by atoms with Crippen molar-refractivity contribution in [1.82, 2.24) is 14.7 Å². The van der Waals surface area contributed by atoms with Crippen molar-refractivity contribution in [2.45, 2.75) is 40.3 Å². The van der Waals surface area contributed by atoms with Crippen molar-refractivity contribution in [1.29, 1.82) is 0 Å². The summed E-state index contributed by atoms with van der Waals surface area (Å²) < 4.78 is 2.00. The fourth-order valence-corrected chi connectivity index (χ4v) is 2.84. The highest BCUT2D eigenvalue weighted by Gasteiger charge is 2.29. The molecule has 2 rings (SSSR count). The number of hydrogen-bond acceptors (Lipinski definition) is 3. The molecule has 1 unspecified atom stereocenters. The molecule has 0 aliphatic carbocycles. The van der Waals surface area contributed by atoms with Crippen LogP contribution in [0, 0.1) is 19.8 Å². The third kappa shape index (κ3) is 2.41. The predicted molar refractivity (Wildman–Crippen MR) is 74.8 cm³/mol. The van der Waals surface area contributed by atoms with Gasteiger partial charge in [-0.05, 0) is 32.4 Å². The zero-order valence-corrected chi connectivity index (χ0v) is 12.2. The number of carbonyl (C=O) groups is 1. The molecule has 1 fully saturated rings. The number of likely N-dealkylation sites (tertiary alicyclic amines) is 1. The molecule has 0 saturated carbocycles. The summed E-state index contributed by atoms with van der Waals surface area (Å²) >= 11 is 4.29. The molecule has 1 saturated heterocycles. The van der Waals surface area contributed by atoms with E-state index in [4.69, 9.17) is 0 Å². The van der Waals surface area contributed by atoms with E-state index >= 15 is 0 Å². The monoisotopic (exact) mass is 267 g/mol. The van der Waals surface area contributed by atoms with Crippen molar-refractivity contribution in [3.05, 3.63) is 17.0 Å². The lowest BCUT2D eigenvalue weighted by Crippen LogP contribution is -2.25. The summed E-state index contributed by atoms with van der Waals surface area (Å²) in [4.78, 5) is 13.9. The Morgan fingerprint density at radius 2 is 2.17 bits per heavy atom. The quantitative estimate of drug-likeness (QED) is 0.845. The third-order valence-electron chi connectivity index (χ3n) is 3.73. The number of rotatable bonds is 4. The van der Waals surface area contributed by atoms with Crippen LogP contribution in [0.15, 0.2) is 0 Å². The van der Waals surface area contributed by atoms with Crippen molar-refractivity contribution in [3.63, 3.8) is 0 Å². The van der Waals surface area contributed by atoms with Gasteiger partial charge in [-0.3, -0.25) is 9.48 Å². The summed E-state index contributed by atoms with van der Waals surface area (Å²) in [6.07, 6.45) is 0.642. The minimum Gasteiger partial charge on any atom is -0.338 e. The highest BCUT2D eigenvalue weighted by atomic mass is 32.1. The molecule has 2 heterocycles. The lowest BCUT2D eigenvalue weighted by Gasteiger charge is -2.16. The summed E-state index contributed by atoms with van der Waals surface area (Å²) in [5.41, 5.74) is 3.42. The summed E-state index contributed by atoms with van der Waals surface area (Å²) in [6, 6.07) is 0. The van der Waals surface area contributed by atoms with Crippen LogP contribution in [0.5, 0.6) is 0 Å². The molecule has 1 aromatic heterocycles. The molecular weight excluding hydrogens is 246 g/mol. The van der Waals surface area contributed by atoms with Crippen LogP contribution >= 0.6 is 12.6 Å². The smallest absolute Gasteiger partial charge is 0.223 e. The SMILES string of the molecule is CCn1nc(C)c(CN2CC(CS)CC2=O)c1C. The summed E-state index contributed by atoms with van der Waals surface area (Å²) in [6.45, 7) is 8.58. The van der Waals surface area contributed by atoms with Crippen LogP contribution in [0.25, 0.3) is 0 Å². The highest BCUT2D eigenvalue weighted by molar-refractivity contribution is 7.80. The average Bonchev–Trinajstić information content (AvgIpc) is 2.84. The first-order chi connectivity index (χ1) is 8.56. The van der Waals surface area contributed by atoms with Crippen LogP contribution in [0.1, 0.15) is 30.3 Å². The van der Waals surface area contributed by atoms with E-state index in [9.17, 15) is 4.79 Å². The maximum Gasteiger partial charge on any atom is 0.223 e. The van der Waals surface area contributed by atoms with Crippen LogP contribution in [-0.4, -0.2) is 32.9 Å². The van der Waals surface area contributed by atoms with E-state index in [1.165, 1.54) is 11.3 Å². The minimum atomic E-state index is 0.247. The molecule has 0 spiro atoms.